The minimum absolute atomic E-state index is 0.0208. The number of Topliss-reactive ketones (excluding diaryl/α,β-unsaturated/α-hetero) is 5. The van der Waals surface area contributed by atoms with Crippen LogP contribution in [0.5, 0.6) is 0 Å². The third kappa shape index (κ3) is 37.8. The Hall–Kier alpha value is -5.26. The summed E-state index contributed by atoms with van der Waals surface area (Å²) in [4.78, 5) is 165. The first-order valence-corrected chi connectivity index (χ1v) is 43.7. The molecule has 0 spiro atoms. The van der Waals surface area contributed by atoms with Gasteiger partial charge in [0.2, 0.25) is 43.0 Å². The topological polar surface area (TPSA) is 622 Å². The maximum absolute atomic E-state index is 14.3. The first kappa shape index (κ1) is 105. The summed E-state index contributed by atoms with van der Waals surface area (Å²) in [5, 5.41) is 116. The van der Waals surface area contributed by atoms with Crippen LogP contribution < -0.4 is 26.6 Å². The van der Waals surface area contributed by atoms with Gasteiger partial charge in [-0.25, -0.2) is 0 Å². The molecule has 680 valence electrons. The zero-order chi connectivity index (χ0) is 88.0. The lowest BCUT2D eigenvalue weighted by Crippen LogP contribution is -2.64. The van der Waals surface area contributed by atoms with Gasteiger partial charge in [0, 0.05) is 143 Å². The van der Waals surface area contributed by atoms with Crippen LogP contribution in [0.1, 0.15) is 157 Å². The van der Waals surface area contributed by atoms with E-state index in [1.165, 1.54) is 11.8 Å². The number of rotatable bonds is 56. The monoisotopic (exact) mass is 1740 g/mol. The van der Waals surface area contributed by atoms with Crippen LogP contribution >= 0.6 is 15.2 Å². The molecule has 0 aromatic rings. The highest BCUT2D eigenvalue weighted by atomic mass is 31.2. The minimum Gasteiger partial charge on any atom is -0.396 e. The van der Waals surface area contributed by atoms with E-state index in [9.17, 15) is 118 Å². The number of aliphatic hydroxyl groups is 10. The maximum atomic E-state index is 14.3. The highest BCUT2D eigenvalue weighted by molar-refractivity contribution is 7.58. The van der Waals surface area contributed by atoms with Gasteiger partial charge in [0.1, 0.15) is 95.4 Å². The molecule has 5 fully saturated rings. The number of hydrogen-bond acceptors (Lipinski definition) is 35. The highest BCUT2D eigenvalue weighted by Gasteiger charge is 2.49. The van der Waals surface area contributed by atoms with Gasteiger partial charge in [-0.05, 0) is 38.9 Å². The molecule has 0 bridgehead atoms. The summed E-state index contributed by atoms with van der Waals surface area (Å²) < 4.78 is 80.6. The second-order valence-corrected chi connectivity index (χ2v) is 33.5. The molecule has 23 atom stereocenters. The van der Waals surface area contributed by atoms with Crippen molar-refractivity contribution in [3.63, 3.8) is 0 Å². The van der Waals surface area contributed by atoms with Gasteiger partial charge in [-0.1, -0.05) is 13.8 Å². The summed E-state index contributed by atoms with van der Waals surface area (Å²) in [6, 6.07) is -4.37. The molecule has 42 nitrogen and oxygen atoms in total. The number of likely N-dealkylation sites (tertiary alicyclic amines) is 1. The SMILES string of the molecule is C=P(O)(OC[C@@H]1C[C@@H](O)CN1C(=O)CCC(=O)NC(COCCC(=O)CCCC(=O)CCO[C@@H]1OC(CO)[C@H](O)[C@H](O)C1NC(C)=O)(COCCC(=O)CCCC(=O)CCO[C@@H]1CC(CO)[C@H](O)[C@H](O)C1NC(C)=O)COCCC(=O)NCCC(=O)CCO[C@@H]1OC(CO)[C@H](O)[C@H](O)C1NC(C)=O)O[C@H]1C[C@H](C)O[C@@H]1COP(C)(=O)O.CC. The van der Waals surface area contributed by atoms with Gasteiger partial charge in [0.15, 0.2) is 12.6 Å². The van der Waals surface area contributed by atoms with Crippen molar-refractivity contribution in [3.05, 3.63) is 0 Å². The Bertz CT molecular complexity index is 3030. The van der Waals surface area contributed by atoms with Gasteiger partial charge in [0.05, 0.1) is 128 Å². The van der Waals surface area contributed by atoms with Crippen molar-refractivity contribution >= 4 is 85.8 Å². The fraction of sp³-hybridized carbons (Fsp3) is 0.838. The van der Waals surface area contributed by atoms with Crippen molar-refractivity contribution in [1.82, 2.24) is 31.5 Å². The van der Waals surface area contributed by atoms with Crippen molar-refractivity contribution in [3.8, 4) is 0 Å². The number of ether oxygens (including phenoxy) is 9. The molecule has 1 aliphatic carbocycles. The Kier molecular flexibility index (Phi) is 47.8. The fourth-order valence-electron chi connectivity index (χ4n) is 13.7. The van der Waals surface area contributed by atoms with E-state index >= 15 is 0 Å². The molecule has 0 aromatic heterocycles. The van der Waals surface area contributed by atoms with Crippen molar-refractivity contribution in [2.75, 3.05) is 112 Å². The van der Waals surface area contributed by atoms with Crippen LogP contribution in [0.25, 0.3) is 0 Å². The van der Waals surface area contributed by atoms with Gasteiger partial charge in [-0.15, -0.1) is 0 Å². The Morgan fingerprint density at radius 2 is 0.941 bits per heavy atom. The van der Waals surface area contributed by atoms with E-state index in [1.807, 2.05) is 13.8 Å². The number of ketones is 5. The zero-order valence-electron chi connectivity index (χ0n) is 68.3. The minimum atomic E-state index is -3.96. The molecular weight excluding hydrogens is 1610 g/mol. The number of nitrogens with one attached hydrogen (secondary N) is 5. The molecule has 4 heterocycles. The highest BCUT2D eigenvalue weighted by Crippen LogP contribution is 2.48. The average Bonchev–Trinajstić information content (AvgIpc) is 1.16. The number of nitrogens with zero attached hydrogens (tertiary/aromatic N) is 1. The summed E-state index contributed by atoms with van der Waals surface area (Å²) in [5.74, 6) is -6.13. The summed E-state index contributed by atoms with van der Waals surface area (Å²) in [6.45, 7) is 4.25. The molecular formula is C74H128N6O36P2. The number of β-amino-alcohol motifs (C(OH)–C–C–N with tert-alkyl or cyclic N) is 1. The van der Waals surface area contributed by atoms with Crippen LogP contribution in [0.4, 0.5) is 0 Å². The average molecular weight is 1740 g/mol. The number of carbonyl (C=O) groups excluding carboxylic acids is 11. The first-order valence-electron chi connectivity index (χ1n) is 39.9. The van der Waals surface area contributed by atoms with Gasteiger partial charge >= 0.3 is 7.60 Å². The van der Waals surface area contributed by atoms with E-state index in [0.29, 0.717) is 0 Å². The molecule has 4 saturated heterocycles. The Balaban J connectivity index is 0.0000145. The molecule has 6 amide bonds. The Labute approximate surface area is 686 Å². The zero-order valence-corrected chi connectivity index (χ0v) is 70.1. The maximum Gasteiger partial charge on any atom is 0.325 e. The largest absolute Gasteiger partial charge is 0.396 e. The number of amides is 6. The smallest absolute Gasteiger partial charge is 0.325 e. The second-order valence-electron chi connectivity index (χ2n) is 29.9. The lowest BCUT2D eigenvalue weighted by atomic mass is 9.79. The Morgan fingerprint density at radius 3 is 1.41 bits per heavy atom. The normalized spacial score (nSPS) is 29.2. The van der Waals surface area contributed by atoms with Crippen LogP contribution in [0, 0.1) is 5.92 Å². The van der Waals surface area contributed by atoms with Gasteiger partial charge in [-0.2, -0.15) is 0 Å². The predicted molar refractivity (Wildman–Crippen MR) is 413 cm³/mol. The number of carbonyl (C=O) groups is 11. The second kappa shape index (κ2) is 53.7. The van der Waals surface area contributed by atoms with E-state index in [2.05, 4.69) is 32.9 Å². The van der Waals surface area contributed by atoms with Crippen LogP contribution in [0.3, 0.4) is 0 Å². The summed E-state index contributed by atoms with van der Waals surface area (Å²) in [7, 11) is -7.88. The molecule has 5 aliphatic rings. The predicted octanol–water partition coefficient (Wildman–Crippen LogP) is -4.17. The van der Waals surface area contributed by atoms with E-state index in [1.54, 1.807) is 6.92 Å². The molecule has 0 radical (unpaired) electrons. The van der Waals surface area contributed by atoms with E-state index < -0.39 is 231 Å². The van der Waals surface area contributed by atoms with Gasteiger partial charge in [0.25, 0.3) is 0 Å². The summed E-state index contributed by atoms with van der Waals surface area (Å²) in [6.07, 6.45) is -16.9. The molecule has 5 rings (SSSR count). The fourth-order valence-corrected chi connectivity index (χ4v) is 15.2. The molecule has 118 heavy (non-hydrogen) atoms. The lowest BCUT2D eigenvalue weighted by Gasteiger charge is -2.42. The van der Waals surface area contributed by atoms with Gasteiger partial charge < -0.3 is 149 Å². The van der Waals surface area contributed by atoms with Crippen molar-refractivity contribution in [2.45, 2.75) is 279 Å². The third-order valence-corrected chi connectivity index (χ3v) is 21.6. The van der Waals surface area contributed by atoms with Crippen LogP contribution in [-0.4, -0.2) is 370 Å². The van der Waals surface area contributed by atoms with Gasteiger partial charge in [-0.3, -0.25) is 57.3 Å². The van der Waals surface area contributed by atoms with Crippen molar-refractivity contribution < 1.29 is 174 Å². The summed E-state index contributed by atoms with van der Waals surface area (Å²) in [5.41, 5.74) is -1.75. The first-order chi connectivity index (χ1) is 55.8. The summed E-state index contributed by atoms with van der Waals surface area (Å²) >= 11 is 0. The standard InChI is InChI=1S/C72H122N6O36P2.C2H6/c1-41-29-53(57(111-41)37-109-115(5,100)101)114-116(6,102)110-36-46-31-52(90)32-78(46)60(93)14-13-59(92)77-72(38-103-23-16-47(85)9-7-11-49(87)18-26-106-54-30-45(33-79)64(94)67(97)61(54)74-42(2)82,39-104-24-17-48(86)10-8-12-50(88)19-27-107-70-62(75-43(3)83)68(98)65(95)55(34-80)112-70)40-105-25-21-58(91)73-22-15-51(89)20-28-108-71-63(76-44(4)84)69(99)66(96)56(35-81)113-71;1-2/h41,45-46,52-57,61-71,79-81,90,94-99,102H,6-40H2,1-5H3,(H,73,91)(H,74,82)(H,75,83)(H,76,84)(H,77,92)(H,100,101);1-2H3/t41-,45?,46-,52+,53-,54+,55?,56?,57+,61?,62?,63?,64-,65-,66-,67+,68+,69+,70+,71+,72?,116?;/m0./s1. The van der Waals surface area contributed by atoms with E-state index in [-0.39, 0.29) is 198 Å². The molecule has 9 unspecified atom stereocenters. The van der Waals surface area contributed by atoms with Crippen LogP contribution in [-0.2, 0) is 114 Å². The van der Waals surface area contributed by atoms with Crippen molar-refractivity contribution in [1.29, 1.82) is 0 Å². The van der Waals surface area contributed by atoms with E-state index in [4.69, 9.17) is 56.2 Å². The Morgan fingerprint density at radius 1 is 0.492 bits per heavy atom. The molecule has 17 N–H and O–H groups in total. The molecule has 1 saturated carbocycles. The lowest BCUT2D eigenvalue weighted by molar-refractivity contribution is -0.269. The molecule has 0 aromatic carbocycles. The third-order valence-electron chi connectivity index (χ3n) is 19.8. The quantitative estimate of drug-likeness (QED) is 0.0203. The van der Waals surface area contributed by atoms with Crippen molar-refractivity contribution in [2.24, 2.45) is 5.92 Å². The van der Waals surface area contributed by atoms with Crippen LogP contribution in [0.15, 0.2) is 0 Å². The number of hydrogen-bond donors (Lipinski definition) is 17. The molecule has 44 heteroatoms. The number of aliphatic hydroxyl groups excluding tert-OH is 10. The van der Waals surface area contributed by atoms with Crippen LogP contribution in [0.2, 0.25) is 0 Å². The van der Waals surface area contributed by atoms with E-state index in [0.717, 1.165) is 20.5 Å². The molecule has 4 aliphatic heterocycles.